The molecule has 0 aliphatic carbocycles. The van der Waals surface area contributed by atoms with E-state index in [1.807, 2.05) is 32.9 Å². The van der Waals surface area contributed by atoms with Crippen molar-refractivity contribution in [3.8, 4) is 0 Å². The standard InChI is InChI=1S/C12H11BrN2O2.C2H6/c1-6-2-8(13)5-10-9(6)3-7(12(16)17)4-11(14)15-10;1-2/h2-3,5H,4H2,1H3,(H2,14,15)(H,16,17);1-2H3. The van der Waals surface area contributed by atoms with Crippen LogP contribution in [-0.4, -0.2) is 16.9 Å². The van der Waals surface area contributed by atoms with Gasteiger partial charge in [0.1, 0.15) is 5.84 Å². The van der Waals surface area contributed by atoms with Gasteiger partial charge in [-0.05, 0) is 30.7 Å². The predicted octanol–water partition coefficient (Wildman–Crippen LogP) is 3.64. The van der Waals surface area contributed by atoms with Crippen LogP contribution >= 0.6 is 15.9 Å². The summed E-state index contributed by atoms with van der Waals surface area (Å²) in [6.45, 7) is 5.91. The quantitative estimate of drug-likeness (QED) is 0.827. The topological polar surface area (TPSA) is 75.7 Å². The lowest BCUT2D eigenvalue weighted by Crippen LogP contribution is -2.14. The Morgan fingerprint density at radius 1 is 1.42 bits per heavy atom. The van der Waals surface area contributed by atoms with Gasteiger partial charge in [0.15, 0.2) is 0 Å². The zero-order valence-electron chi connectivity index (χ0n) is 11.2. The SMILES string of the molecule is CC.Cc1cc(Br)cc2c1C=C(C(=O)O)CC(N)=N2. The number of carboxylic acid groups (broad SMARTS) is 1. The monoisotopic (exact) mass is 324 g/mol. The zero-order valence-corrected chi connectivity index (χ0v) is 12.8. The fourth-order valence-corrected chi connectivity index (χ4v) is 2.33. The fraction of sp³-hybridized carbons (Fsp3) is 0.286. The number of hydrogen-bond donors (Lipinski definition) is 2. The van der Waals surface area contributed by atoms with Gasteiger partial charge < -0.3 is 10.8 Å². The first-order valence-electron chi connectivity index (χ1n) is 6.04. The molecule has 0 atom stereocenters. The molecule has 0 saturated carbocycles. The Kier molecular flexibility index (Phi) is 5.30. The Balaban J connectivity index is 0.000000861. The highest BCUT2D eigenvalue weighted by Gasteiger charge is 2.16. The smallest absolute Gasteiger partial charge is 0.332 e. The summed E-state index contributed by atoms with van der Waals surface area (Å²) in [7, 11) is 0. The average Bonchev–Trinajstić information content (AvgIpc) is 2.50. The molecule has 5 heteroatoms. The molecule has 0 spiro atoms. The van der Waals surface area contributed by atoms with E-state index < -0.39 is 5.97 Å². The van der Waals surface area contributed by atoms with Gasteiger partial charge >= 0.3 is 5.97 Å². The molecule has 0 aromatic heterocycles. The van der Waals surface area contributed by atoms with Crippen molar-refractivity contribution in [3.05, 3.63) is 33.3 Å². The Morgan fingerprint density at radius 2 is 2.05 bits per heavy atom. The van der Waals surface area contributed by atoms with Crippen molar-refractivity contribution < 1.29 is 9.90 Å². The number of hydrogen-bond acceptors (Lipinski definition) is 3. The number of benzene rings is 1. The highest BCUT2D eigenvalue weighted by atomic mass is 79.9. The Bertz CT molecular complexity index is 563. The van der Waals surface area contributed by atoms with Crippen molar-refractivity contribution in [1.82, 2.24) is 0 Å². The molecule has 0 fully saturated rings. The van der Waals surface area contributed by atoms with Gasteiger partial charge in [-0.3, -0.25) is 0 Å². The molecule has 1 aromatic carbocycles. The second-order valence-electron chi connectivity index (χ2n) is 3.91. The maximum atomic E-state index is 11.1. The molecule has 0 bridgehead atoms. The van der Waals surface area contributed by atoms with E-state index in [1.165, 1.54) is 0 Å². The minimum absolute atomic E-state index is 0.168. The molecule has 19 heavy (non-hydrogen) atoms. The summed E-state index contributed by atoms with van der Waals surface area (Å²) in [5, 5.41) is 9.06. The van der Waals surface area contributed by atoms with Crippen LogP contribution in [0.5, 0.6) is 0 Å². The highest BCUT2D eigenvalue weighted by molar-refractivity contribution is 9.10. The summed E-state index contributed by atoms with van der Waals surface area (Å²) in [6, 6.07) is 3.75. The van der Waals surface area contributed by atoms with Crippen molar-refractivity contribution in [3.63, 3.8) is 0 Å². The predicted molar refractivity (Wildman–Crippen MR) is 81.7 cm³/mol. The first-order chi connectivity index (χ1) is 8.97. The van der Waals surface area contributed by atoms with Crippen LogP contribution in [0.25, 0.3) is 6.08 Å². The van der Waals surface area contributed by atoms with Gasteiger partial charge in [-0.1, -0.05) is 29.8 Å². The van der Waals surface area contributed by atoms with Gasteiger partial charge in [0.2, 0.25) is 0 Å². The molecule has 0 saturated heterocycles. The summed E-state index contributed by atoms with van der Waals surface area (Å²) < 4.78 is 0.900. The van der Waals surface area contributed by atoms with Gasteiger partial charge in [-0.15, -0.1) is 0 Å². The lowest BCUT2D eigenvalue weighted by Gasteiger charge is -2.05. The van der Waals surface area contributed by atoms with Crippen LogP contribution in [0.2, 0.25) is 0 Å². The van der Waals surface area contributed by atoms with E-state index in [2.05, 4.69) is 20.9 Å². The molecule has 1 aromatic rings. The van der Waals surface area contributed by atoms with E-state index in [-0.39, 0.29) is 12.0 Å². The highest BCUT2D eigenvalue weighted by Crippen LogP contribution is 2.32. The third-order valence-electron chi connectivity index (χ3n) is 2.56. The molecular weight excluding hydrogens is 308 g/mol. The number of nitrogens with two attached hydrogens (primary N) is 1. The Morgan fingerprint density at radius 3 is 2.63 bits per heavy atom. The van der Waals surface area contributed by atoms with Crippen LogP contribution in [0.1, 0.15) is 31.4 Å². The second kappa shape index (κ2) is 6.52. The number of nitrogens with zero attached hydrogens (tertiary/aromatic N) is 1. The van der Waals surface area contributed by atoms with Crippen molar-refractivity contribution in [2.75, 3.05) is 0 Å². The lowest BCUT2D eigenvalue weighted by molar-refractivity contribution is -0.132. The molecule has 0 unspecified atom stereocenters. The van der Waals surface area contributed by atoms with E-state index in [1.54, 1.807) is 6.08 Å². The lowest BCUT2D eigenvalue weighted by atomic mass is 10.0. The molecule has 1 heterocycles. The van der Waals surface area contributed by atoms with Crippen LogP contribution in [0, 0.1) is 6.92 Å². The minimum atomic E-state index is -0.960. The maximum Gasteiger partial charge on any atom is 0.332 e. The van der Waals surface area contributed by atoms with Crippen LogP contribution in [0.3, 0.4) is 0 Å². The normalized spacial score (nSPS) is 13.3. The average molecular weight is 325 g/mol. The molecule has 1 aliphatic heterocycles. The number of aryl methyl sites for hydroxylation is 1. The van der Waals surface area contributed by atoms with Gasteiger partial charge in [-0.2, -0.15) is 0 Å². The molecule has 0 amide bonds. The van der Waals surface area contributed by atoms with E-state index >= 15 is 0 Å². The molecule has 0 radical (unpaired) electrons. The molecular formula is C14H17BrN2O2. The molecule has 102 valence electrons. The number of aliphatic imine (C=N–C) groups is 1. The third-order valence-corrected chi connectivity index (χ3v) is 3.02. The van der Waals surface area contributed by atoms with Gasteiger partial charge in [-0.25, -0.2) is 9.79 Å². The molecule has 1 aliphatic rings. The fourth-order valence-electron chi connectivity index (χ4n) is 1.77. The number of carbonyl (C=O) groups is 1. The van der Waals surface area contributed by atoms with Gasteiger partial charge in [0.05, 0.1) is 5.69 Å². The van der Waals surface area contributed by atoms with Crippen molar-refractivity contribution in [1.29, 1.82) is 0 Å². The van der Waals surface area contributed by atoms with Gasteiger partial charge in [0, 0.05) is 22.0 Å². The van der Waals surface area contributed by atoms with Gasteiger partial charge in [0.25, 0.3) is 0 Å². The van der Waals surface area contributed by atoms with Crippen molar-refractivity contribution in [2.45, 2.75) is 27.2 Å². The van der Waals surface area contributed by atoms with E-state index in [4.69, 9.17) is 10.8 Å². The molecule has 2 rings (SSSR count). The first-order valence-corrected chi connectivity index (χ1v) is 6.83. The van der Waals surface area contributed by atoms with Crippen LogP contribution in [0.15, 0.2) is 27.2 Å². The summed E-state index contributed by atoms with van der Waals surface area (Å²) in [5.74, 6) is -0.645. The number of fused-ring (bicyclic) bond motifs is 1. The maximum absolute atomic E-state index is 11.1. The molecule has 4 nitrogen and oxygen atoms in total. The van der Waals surface area contributed by atoms with E-state index in [9.17, 15) is 4.79 Å². The number of rotatable bonds is 1. The second-order valence-corrected chi connectivity index (χ2v) is 4.83. The van der Waals surface area contributed by atoms with Crippen LogP contribution in [0.4, 0.5) is 5.69 Å². The first kappa shape index (κ1) is 15.4. The Hall–Kier alpha value is -1.62. The van der Waals surface area contributed by atoms with E-state index in [0.717, 1.165) is 15.6 Å². The van der Waals surface area contributed by atoms with E-state index in [0.29, 0.717) is 11.5 Å². The minimum Gasteiger partial charge on any atom is -0.478 e. The zero-order chi connectivity index (χ0) is 14.6. The summed E-state index contributed by atoms with van der Waals surface area (Å²) in [6.07, 6.45) is 1.81. The van der Waals surface area contributed by atoms with Crippen molar-refractivity contribution in [2.24, 2.45) is 10.7 Å². The number of amidine groups is 1. The Labute approximate surface area is 121 Å². The third kappa shape index (κ3) is 3.67. The van der Waals surface area contributed by atoms with Crippen LogP contribution in [-0.2, 0) is 4.79 Å². The number of carboxylic acids is 1. The summed E-state index contributed by atoms with van der Waals surface area (Å²) >= 11 is 3.38. The summed E-state index contributed by atoms with van der Waals surface area (Å²) in [4.78, 5) is 15.3. The number of aliphatic carboxylic acids is 1. The number of halogens is 1. The largest absolute Gasteiger partial charge is 0.478 e. The van der Waals surface area contributed by atoms with Crippen molar-refractivity contribution >= 4 is 39.5 Å². The molecule has 3 N–H and O–H groups in total. The van der Waals surface area contributed by atoms with Crippen LogP contribution < -0.4 is 5.73 Å². The summed E-state index contributed by atoms with van der Waals surface area (Å²) in [5.41, 5.74) is 8.44.